The molecule has 0 aliphatic heterocycles. The summed E-state index contributed by atoms with van der Waals surface area (Å²) in [6.45, 7) is 8.12. The molecule has 0 aromatic heterocycles. The van der Waals surface area contributed by atoms with Gasteiger partial charge in [-0.2, -0.15) is 0 Å². The second kappa shape index (κ2) is 18.1. The zero-order valence-electron chi connectivity index (χ0n) is 11.4. The van der Waals surface area contributed by atoms with E-state index in [9.17, 15) is 9.59 Å². The minimum Gasteiger partial charge on any atom is -0.466 e. The maximum atomic E-state index is 10.1. The first-order valence-electron chi connectivity index (χ1n) is 5.81. The van der Waals surface area contributed by atoms with Crippen molar-refractivity contribution in [2.75, 3.05) is 13.2 Å². The average Bonchev–Trinajstić information content (AvgIpc) is 2.18. The number of carbonyl (C=O) groups is 2. The molecule has 0 aromatic rings. The van der Waals surface area contributed by atoms with E-state index in [4.69, 9.17) is 0 Å². The van der Waals surface area contributed by atoms with Crippen molar-refractivity contribution in [3.8, 4) is 0 Å². The molecule has 0 bridgehead atoms. The van der Waals surface area contributed by atoms with Gasteiger partial charge < -0.3 is 9.47 Å². The van der Waals surface area contributed by atoms with E-state index in [1.807, 2.05) is 0 Å². The minimum atomic E-state index is -0.182. The number of esters is 2. The molecule has 4 radical (unpaired) electrons. The number of hydrogen-bond donors (Lipinski definition) is 0. The van der Waals surface area contributed by atoms with Crippen molar-refractivity contribution in [2.24, 2.45) is 0 Å². The Kier molecular flexibility index (Phi) is 23.4. The zero-order valence-corrected chi connectivity index (χ0v) is 14.2. The van der Waals surface area contributed by atoms with Crippen LogP contribution < -0.4 is 0 Å². The SMILES string of the molecule is CCCCOC(C)=O.CCCCOC(C)=O.[Sn]. The molecular weight excluding hydrogens is 327 g/mol. The van der Waals surface area contributed by atoms with Crippen LogP contribution in [0.2, 0.25) is 0 Å². The molecule has 17 heavy (non-hydrogen) atoms. The van der Waals surface area contributed by atoms with Crippen LogP contribution in [0, 0.1) is 0 Å². The molecule has 0 aliphatic rings. The van der Waals surface area contributed by atoms with Gasteiger partial charge in [0, 0.05) is 37.8 Å². The summed E-state index contributed by atoms with van der Waals surface area (Å²) in [6, 6.07) is 0. The maximum absolute atomic E-state index is 10.1. The van der Waals surface area contributed by atoms with Crippen LogP contribution >= 0.6 is 0 Å². The quantitative estimate of drug-likeness (QED) is 0.419. The van der Waals surface area contributed by atoms with Crippen molar-refractivity contribution < 1.29 is 19.1 Å². The maximum Gasteiger partial charge on any atom is 0.302 e. The summed E-state index contributed by atoms with van der Waals surface area (Å²) in [5.74, 6) is -0.364. The third-order valence-electron chi connectivity index (χ3n) is 1.61. The Labute approximate surface area is 121 Å². The summed E-state index contributed by atoms with van der Waals surface area (Å²) >= 11 is 0. The Bertz CT molecular complexity index is 163. The second-order valence-electron chi connectivity index (χ2n) is 3.39. The number of rotatable bonds is 6. The predicted octanol–water partition coefficient (Wildman–Crippen LogP) is 2.32. The van der Waals surface area contributed by atoms with E-state index >= 15 is 0 Å². The Balaban J connectivity index is -0.000000218. The zero-order chi connectivity index (χ0) is 12.8. The topological polar surface area (TPSA) is 52.6 Å². The Hall–Kier alpha value is -0.261. The van der Waals surface area contributed by atoms with Crippen molar-refractivity contribution in [1.82, 2.24) is 0 Å². The summed E-state index contributed by atoms with van der Waals surface area (Å²) in [6.07, 6.45) is 4.10. The van der Waals surface area contributed by atoms with Gasteiger partial charge in [-0.25, -0.2) is 0 Å². The number of hydrogen-bond acceptors (Lipinski definition) is 4. The number of ether oxygens (including phenoxy) is 2. The van der Waals surface area contributed by atoms with Gasteiger partial charge in [0.15, 0.2) is 0 Å². The van der Waals surface area contributed by atoms with E-state index in [2.05, 4.69) is 23.3 Å². The van der Waals surface area contributed by atoms with E-state index in [0.29, 0.717) is 13.2 Å². The van der Waals surface area contributed by atoms with Gasteiger partial charge in [-0.05, 0) is 12.8 Å². The summed E-state index contributed by atoms with van der Waals surface area (Å²) in [5.41, 5.74) is 0. The van der Waals surface area contributed by atoms with Gasteiger partial charge in [0.25, 0.3) is 0 Å². The molecule has 0 spiro atoms. The normalized spacial score (nSPS) is 8.24. The van der Waals surface area contributed by atoms with Gasteiger partial charge in [0.05, 0.1) is 13.2 Å². The molecular formula is C12H24O4Sn. The van der Waals surface area contributed by atoms with Crippen molar-refractivity contribution in [3.63, 3.8) is 0 Å². The van der Waals surface area contributed by atoms with Crippen molar-refractivity contribution >= 4 is 35.8 Å². The first kappa shape index (κ1) is 22.0. The standard InChI is InChI=1S/2C6H12O2.Sn/c2*1-3-4-5-8-6(2)7;/h2*3-5H2,1-2H3;. The van der Waals surface area contributed by atoms with Crippen LogP contribution in [0.25, 0.3) is 0 Å². The van der Waals surface area contributed by atoms with Crippen molar-refractivity contribution in [2.45, 2.75) is 53.4 Å². The van der Waals surface area contributed by atoms with Crippen LogP contribution in [-0.4, -0.2) is 49.1 Å². The molecule has 5 heteroatoms. The summed E-state index contributed by atoms with van der Waals surface area (Å²) in [7, 11) is 0. The van der Waals surface area contributed by atoms with Crippen LogP contribution in [0.5, 0.6) is 0 Å². The molecule has 100 valence electrons. The first-order valence-corrected chi connectivity index (χ1v) is 5.81. The fourth-order valence-corrected chi connectivity index (χ4v) is 0.720. The van der Waals surface area contributed by atoms with Gasteiger partial charge in [-0.3, -0.25) is 9.59 Å². The van der Waals surface area contributed by atoms with Crippen LogP contribution in [-0.2, 0) is 19.1 Å². The molecule has 0 saturated carbocycles. The molecule has 4 nitrogen and oxygen atoms in total. The predicted molar refractivity (Wildman–Crippen MR) is 68.8 cm³/mol. The molecule has 0 saturated heterocycles. The first-order chi connectivity index (χ1) is 7.54. The van der Waals surface area contributed by atoms with Gasteiger partial charge in [-0.1, -0.05) is 26.7 Å². The summed E-state index contributed by atoms with van der Waals surface area (Å²) in [4.78, 5) is 20.2. The molecule has 0 heterocycles. The van der Waals surface area contributed by atoms with Crippen molar-refractivity contribution in [1.29, 1.82) is 0 Å². The van der Waals surface area contributed by atoms with E-state index < -0.39 is 0 Å². The van der Waals surface area contributed by atoms with E-state index in [0.717, 1.165) is 25.7 Å². The van der Waals surface area contributed by atoms with Gasteiger partial charge in [0.1, 0.15) is 0 Å². The van der Waals surface area contributed by atoms with Crippen LogP contribution in [0.15, 0.2) is 0 Å². The van der Waals surface area contributed by atoms with E-state index in [1.54, 1.807) is 0 Å². The van der Waals surface area contributed by atoms with Gasteiger partial charge >= 0.3 is 11.9 Å². The number of unbranched alkanes of at least 4 members (excludes halogenated alkanes) is 2. The smallest absolute Gasteiger partial charge is 0.302 e. The average molecular weight is 351 g/mol. The fraction of sp³-hybridized carbons (Fsp3) is 0.833. The molecule has 0 unspecified atom stereocenters. The number of carbonyl (C=O) groups excluding carboxylic acids is 2. The Morgan fingerprint density at radius 3 is 1.29 bits per heavy atom. The van der Waals surface area contributed by atoms with Crippen molar-refractivity contribution in [3.05, 3.63) is 0 Å². The molecule has 0 atom stereocenters. The van der Waals surface area contributed by atoms with Crippen LogP contribution in [0.3, 0.4) is 0 Å². The van der Waals surface area contributed by atoms with Crippen LogP contribution in [0.4, 0.5) is 0 Å². The van der Waals surface area contributed by atoms with E-state index in [-0.39, 0.29) is 35.8 Å². The van der Waals surface area contributed by atoms with E-state index in [1.165, 1.54) is 13.8 Å². The summed E-state index contributed by atoms with van der Waals surface area (Å²) in [5, 5.41) is 0. The molecule has 0 amide bonds. The summed E-state index contributed by atoms with van der Waals surface area (Å²) < 4.78 is 9.29. The molecule has 0 aromatic carbocycles. The monoisotopic (exact) mass is 352 g/mol. The second-order valence-corrected chi connectivity index (χ2v) is 3.39. The van der Waals surface area contributed by atoms with Crippen LogP contribution in [0.1, 0.15) is 53.4 Å². The molecule has 0 aliphatic carbocycles. The fourth-order valence-electron chi connectivity index (χ4n) is 0.720. The van der Waals surface area contributed by atoms with Gasteiger partial charge in [-0.15, -0.1) is 0 Å². The minimum absolute atomic E-state index is 0. The largest absolute Gasteiger partial charge is 0.466 e. The molecule has 0 rings (SSSR count). The third-order valence-corrected chi connectivity index (χ3v) is 1.61. The molecule has 0 fully saturated rings. The third kappa shape index (κ3) is 31.3. The molecule has 0 N–H and O–H groups in total. The Morgan fingerprint density at radius 1 is 0.824 bits per heavy atom. The Morgan fingerprint density at radius 2 is 1.12 bits per heavy atom. The van der Waals surface area contributed by atoms with Gasteiger partial charge in [0.2, 0.25) is 0 Å².